The molecule has 1 N–H and O–H groups in total. The number of hydrogen-bond acceptors (Lipinski definition) is 2. The van der Waals surface area contributed by atoms with Gasteiger partial charge >= 0.3 is 0 Å². The number of nitrogens with zero attached hydrogens (tertiary/aromatic N) is 1. The minimum absolute atomic E-state index is 0.578. The van der Waals surface area contributed by atoms with Crippen LogP contribution in [-0.2, 0) is 5.60 Å². The highest BCUT2D eigenvalue weighted by atomic mass is 16.3. The molecule has 2 aliphatic carbocycles. The van der Waals surface area contributed by atoms with Crippen molar-refractivity contribution in [3.63, 3.8) is 0 Å². The van der Waals surface area contributed by atoms with Gasteiger partial charge in [-0.3, -0.25) is 4.98 Å². The van der Waals surface area contributed by atoms with Gasteiger partial charge in [-0.05, 0) is 50.0 Å². The second-order valence-electron chi connectivity index (χ2n) is 5.98. The average molecular weight is 231 g/mol. The second kappa shape index (κ2) is 4.09. The van der Waals surface area contributed by atoms with E-state index in [9.17, 15) is 5.11 Å². The molecule has 0 aliphatic heterocycles. The number of hydrogen-bond donors (Lipinski definition) is 1. The van der Waals surface area contributed by atoms with E-state index in [1.54, 1.807) is 6.20 Å². The van der Waals surface area contributed by atoms with E-state index in [2.05, 4.69) is 4.98 Å². The molecule has 0 atom stereocenters. The molecule has 2 aliphatic rings. The van der Waals surface area contributed by atoms with Gasteiger partial charge in [0.15, 0.2) is 0 Å². The van der Waals surface area contributed by atoms with Gasteiger partial charge in [-0.15, -0.1) is 0 Å². The van der Waals surface area contributed by atoms with Gasteiger partial charge in [0.2, 0.25) is 0 Å². The Kier molecular flexibility index (Phi) is 2.70. The molecular formula is C15H21NO. The minimum atomic E-state index is -0.609. The Morgan fingerprint density at radius 2 is 1.71 bits per heavy atom. The van der Waals surface area contributed by atoms with E-state index in [1.807, 2.05) is 18.3 Å². The lowest BCUT2D eigenvalue weighted by atomic mass is 9.66. The number of aliphatic hydroxyl groups is 1. The third-order valence-corrected chi connectivity index (χ3v) is 5.00. The standard InChI is InChI=1S/C15H21NO/c17-15(13-4-3-11-16-12-13)9-7-14(8-10-15)5-1-2-6-14/h3-4,11-12,17H,1-2,5-10H2. The van der Waals surface area contributed by atoms with Crippen LogP contribution in [0.3, 0.4) is 0 Å². The SMILES string of the molecule is OC1(c2cccnc2)CCC2(CCCC2)CC1. The van der Waals surface area contributed by atoms with Gasteiger partial charge in [0.05, 0.1) is 5.60 Å². The molecule has 0 unspecified atom stereocenters. The van der Waals surface area contributed by atoms with Crippen molar-refractivity contribution in [2.24, 2.45) is 5.41 Å². The molecule has 1 spiro atoms. The van der Waals surface area contributed by atoms with E-state index < -0.39 is 5.60 Å². The van der Waals surface area contributed by atoms with Crippen molar-refractivity contribution in [2.75, 3.05) is 0 Å². The first-order valence-electron chi connectivity index (χ1n) is 6.86. The van der Waals surface area contributed by atoms with Crippen LogP contribution in [0.1, 0.15) is 56.9 Å². The van der Waals surface area contributed by atoms with Gasteiger partial charge in [-0.2, -0.15) is 0 Å². The molecule has 3 rings (SSSR count). The van der Waals surface area contributed by atoms with E-state index in [4.69, 9.17) is 0 Å². The molecule has 0 radical (unpaired) electrons. The summed E-state index contributed by atoms with van der Waals surface area (Å²) in [5, 5.41) is 10.7. The van der Waals surface area contributed by atoms with Crippen LogP contribution in [0.4, 0.5) is 0 Å². The highest BCUT2D eigenvalue weighted by Gasteiger charge is 2.43. The number of aromatic nitrogens is 1. The normalized spacial score (nSPS) is 26.2. The van der Waals surface area contributed by atoms with Crippen LogP contribution < -0.4 is 0 Å². The third kappa shape index (κ3) is 1.99. The molecule has 1 aromatic heterocycles. The Morgan fingerprint density at radius 1 is 1.00 bits per heavy atom. The summed E-state index contributed by atoms with van der Waals surface area (Å²) in [6.45, 7) is 0. The largest absolute Gasteiger partial charge is 0.385 e. The summed E-state index contributed by atoms with van der Waals surface area (Å²) in [4.78, 5) is 4.13. The van der Waals surface area contributed by atoms with Crippen LogP contribution in [0, 0.1) is 5.41 Å². The molecule has 2 saturated carbocycles. The zero-order valence-corrected chi connectivity index (χ0v) is 10.4. The van der Waals surface area contributed by atoms with Gasteiger partial charge in [0, 0.05) is 18.0 Å². The lowest BCUT2D eigenvalue weighted by Crippen LogP contribution is -2.36. The van der Waals surface area contributed by atoms with Gasteiger partial charge in [0.25, 0.3) is 0 Å². The quantitative estimate of drug-likeness (QED) is 0.803. The van der Waals surface area contributed by atoms with Gasteiger partial charge in [0.1, 0.15) is 0 Å². The van der Waals surface area contributed by atoms with Crippen molar-refractivity contribution in [2.45, 2.75) is 57.0 Å². The maximum atomic E-state index is 10.7. The van der Waals surface area contributed by atoms with Crippen molar-refractivity contribution >= 4 is 0 Å². The lowest BCUT2D eigenvalue weighted by Gasteiger charge is -2.42. The molecule has 2 fully saturated rings. The van der Waals surface area contributed by atoms with Crippen LogP contribution in [0.25, 0.3) is 0 Å². The summed E-state index contributed by atoms with van der Waals surface area (Å²) >= 11 is 0. The monoisotopic (exact) mass is 231 g/mol. The fourth-order valence-corrected chi connectivity index (χ4v) is 3.75. The van der Waals surface area contributed by atoms with E-state index >= 15 is 0 Å². The Labute approximate surface area is 103 Å². The molecule has 1 heterocycles. The summed E-state index contributed by atoms with van der Waals surface area (Å²) in [5.74, 6) is 0. The summed E-state index contributed by atoms with van der Waals surface area (Å²) in [5.41, 5.74) is 0.976. The van der Waals surface area contributed by atoms with Gasteiger partial charge in [-0.25, -0.2) is 0 Å². The highest BCUT2D eigenvalue weighted by Crippen LogP contribution is 2.53. The first-order valence-corrected chi connectivity index (χ1v) is 6.86. The molecule has 92 valence electrons. The number of pyridine rings is 1. The first-order chi connectivity index (χ1) is 8.23. The Bertz CT molecular complexity index is 371. The van der Waals surface area contributed by atoms with Gasteiger partial charge < -0.3 is 5.11 Å². The third-order valence-electron chi connectivity index (χ3n) is 5.00. The molecule has 0 bridgehead atoms. The molecule has 17 heavy (non-hydrogen) atoms. The Morgan fingerprint density at radius 3 is 2.29 bits per heavy atom. The van der Waals surface area contributed by atoms with E-state index in [0.29, 0.717) is 5.41 Å². The maximum Gasteiger partial charge on any atom is 0.0911 e. The predicted octanol–water partition coefficient (Wildman–Crippen LogP) is 3.40. The lowest BCUT2D eigenvalue weighted by molar-refractivity contribution is -0.0378. The zero-order chi connectivity index (χ0) is 11.8. The summed E-state index contributed by atoms with van der Waals surface area (Å²) in [6.07, 6.45) is 13.4. The summed E-state index contributed by atoms with van der Waals surface area (Å²) in [7, 11) is 0. The van der Waals surface area contributed by atoms with E-state index in [0.717, 1.165) is 18.4 Å². The summed E-state index contributed by atoms with van der Waals surface area (Å²) in [6, 6.07) is 3.94. The van der Waals surface area contributed by atoms with Crippen LogP contribution in [0.2, 0.25) is 0 Å². The topological polar surface area (TPSA) is 33.1 Å². The van der Waals surface area contributed by atoms with Crippen molar-refractivity contribution in [1.82, 2.24) is 4.98 Å². The van der Waals surface area contributed by atoms with Crippen molar-refractivity contribution < 1.29 is 5.11 Å². The maximum absolute atomic E-state index is 10.7. The van der Waals surface area contributed by atoms with E-state index in [-0.39, 0.29) is 0 Å². The average Bonchev–Trinajstić information content (AvgIpc) is 2.84. The van der Waals surface area contributed by atoms with Crippen LogP contribution in [0.15, 0.2) is 24.5 Å². The zero-order valence-electron chi connectivity index (χ0n) is 10.4. The molecule has 2 heteroatoms. The Balaban J connectivity index is 1.75. The van der Waals surface area contributed by atoms with Crippen LogP contribution in [-0.4, -0.2) is 10.1 Å². The first kappa shape index (κ1) is 11.2. The molecule has 0 aromatic carbocycles. The molecule has 0 saturated heterocycles. The molecule has 1 aromatic rings. The second-order valence-corrected chi connectivity index (χ2v) is 5.98. The molecule has 0 amide bonds. The number of rotatable bonds is 1. The minimum Gasteiger partial charge on any atom is -0.385 e. The van der Waals surface area contributed by atoms with Crippen molar-refractivity contribution in [3.05, 3.63) is 30.1 Å². The van der Waals surface area contributed by atoms with Crippen molar-refractivity contribution in [1.29, 1.82) is 0 Å². The van der Waals surface area contributed by atoms with Gasteiger partial charge in [-0.1, -0.05) is 18.9 Å². The fraction of sp³-hybridized carbons (Fsp3) is 0.667. The predicted molar refractivity (Wildman–Crippen MR) is 67.5 cm³/mol. The smallest absolute Gasteiger partial charge is 0.0911 e. The summed E-state index contributed by atoms with van der Waals surface area (Å²) < 4.78 is 0. The van der Waals surface area contributed by atoms with Crippen molar-refractivity contribution in [3.8, 4) is 0 Å². The van der Waals surface area contributed by atoms with E-state index in [1.165, 1.54) is 38.5 Å². The molecular weight excluding hydrogens is 210 g/mol. The van der Waals surface area contributed by atoms with Crippen LogP contribution in [0.5, 0.6) is 0 Å². The molecule has 2 nitrogen and oxygen atoms in total. The highest BCUT2D eigenvalue weighted by molar-refractivity contribution is 5.19. The van der Waals surface area contributed by atoms with Crippen LogP contribution >= 0.6 is 0 Å². The fourth-order valence-electron chi connectivity index (χ4n) is 3.75. The Hall–Kier alpha value is -0.890.